The van der Waals surface area contributed by atoms with Crippen molar-refractivity contribution < 1.29 is 4.52 Å². The lowest BCUT2D eigenvalue weighted by molar-refractivity contribution is 0.458. The van der Waals surface area contributed by atoms with Crippen molar-refractivity contribution in [3.05, 3.63) is 36.2 Å². The largest absolute Gasteiger partial charge is 0.368 e. The molecule has 17 heavy (non-hydrogen) atoms. The van der Waals surface area contributed by atoms with E-state index in [1.807, 2.05) is 25.1 Å². The fraction of sp³-hybridized carbons (Fsp3) is 0.0833. The zero-order valence-electron chi connectivity index (χ0n) is 9.21. The van der Waals surface area contributed by atoms with E-state index in [0.29, 0.717) is 0 Å². The minimum Gasteiger partial charge on any atom is -0.368 e. The molecule has 5 heteroatoms. The van der Waals surface area contributed by atoms with E-state index in [1.165, 1.54) is 0 Å². The van der Waals surface area contributed by atoms with Crippen LogP contribution in [0.1, 0.15) is 5.56 Å². The number of nitrogen functional groups attached to an aromatic ring is 1. The first-order valence-corrected chi connectivity index (χ1v) is 5.18. The van der Waals surface area contributed by atoms with E-state index in [9.17, 15) is 0 Å². The van der Waals surface area contributed by atoms with Gasteiger partial charge in [-0.15, -0.1) is 0 Å². The molecule has 2 heterocycles. The van der Waals surface area contributed by atoms with Crippen LogP contribution in [-0.2, 0) is 0 Å². The lowest BCUT2D eigenvalue weighted by Crippen LogP contribution is -1.93. The molecule has 5 nitrogen and oxygen atoms in total. The number of aromatic nitrogens is 3. The number of aryl methyl sites for hydroxylation is 1. The van der Waals surface area contributed by atoms with Gasteiger partial charge in [0.05, 0.1) is 5.39 Å². The number of hydrogen-bond acceptors (Lipinski definition) is 5. The van der Waals surface area contributed by atoms with Gasteiger partial charge in [0.1, 0.15) is 5.69 Å². The monoisotopic (exact) mass is 226 g/mol. The summed E-state index contributed by atoms with van der Waals surface area (Å²) in [6.45, 7) is 1.98. The van der Waals surface area contributed by atoms with E-state index in [1.54, 1.807) is 12.4 Å². The van der Waals surface area contributed by atoms with Crippen molar-refractivity contribution in [3.63, 3.8) is 0 Å². The van der Waals surface area contributed by atoms with Crippen LogP contribution in [0.15, 0.2) is 35.1 Å². The molecular formula is C12H10N4O. The Labute approximate surface area is 97.3 Å². The minimum absolute atomic E-state index is 0.248. The third kappa shape index (κ3) is 1.52. The summed E-state index contributed by atoms with van der Waals surface area (Å²) in [5, 5.41) is 5.02. The van der Waals surface area contributed by atoms with Gasteiger partial charge in [-0.1, -0.05) is 17.3 Å². The first-order valence-electron chi connectivity index (χ1n) is 5.18. The molecule has 3 aromatic rings. The molecule has 0 atom stereocenters. The lowest BCUT2D eigenvalue weighted by atomic mass is 10.1. The molecule has 0 amide bonds. The number of benzene rings is 1. The highest BCUT2D eigenvalue weighted by atomic mass is 16.5. The highest BCUT2D eigenvalue weighted by Crippen LogP contribution is 2.28. The number of fused-ring (bicyclic) bond motifs is 1. The van der Waals surface area contributed by atoms with E-state index in [4.69, 9.17) is 10.3 Å². The molecule has 2 N–H and O–H groups in total. The van der Waals surface area contributed by atoms with Crippen molar-refractivity contribution in [2.75, 3.05) is 5.73 Å². The first kappa shape index (κ1) is 9.77. The van der Waals surface area contributed by atoms with E-state index >= 15 is 0 Å². The maximum Gasteiger partial charge on any atom is 0.219 e. The molecule has 2 aromatic heterocycles. The van der Waals surface area contributed by atoms with Gasteiger partial charge in [0.15, 0.2) is 5.58 Å². The molecule has 0 fully saturated rings. The maximum atomic E-state index is 5.45. The summed E-state index contributed by atoms with van der Waals surface area (Å²) in [5.41, 5.74) is 8.83. The Morgan fingerprint density at radius 1 is 1.18 bits per heavy atom. The Morgan fingerprint density at radius 2 is 1.94 bits per heavy atom. The second kappa shape index (κ2) is 3.55. The highest BCUT2D eigenvalue weighted by molar-refractivity contribution is 5.92. The summed E-state index contributed by atoms with van der Waals surface area (Å²) < 4.78 is 5.33. The number of nitrogens with two attached hydrogens (primary N) is 1. The van der Waals surface area contributed by atoms with Gasteiger partial charge >= 0.3 is 0 Å². The molecule has 0 radical (unpaired) electrons. The van der Waals surface area contributed by atoms with Gasteiger partial charge in [-0.2, -0.15) is 0 Å². The summed E-state index contributed by atoms with van der Waals surface area (Å²) in [7, 11) is 0. The Kier molecular flexibility index (Phi) is 2.04. The molecule has 0 aliphatic carbocycles. The second-order valence-corrected chi connectivity index (χ2v) is 3.81. The standard InChI is InChI=1S/C12H10N4O/c1-7-3-2-4-9-10(16-17-11(7)9)8-5-14-12(13)15-6-8/h2-6H,1H3,(H2,13,14,15). The maximum absolute atomic E-state index is 5.45. The molecule has 1 aromatic carbocycles. The predicted octanol–water partition coefficient (Wildman–Crippen LogP) is 2.18. The fourth-order valence-corrected chi connectivity index (χ4v) is 1.77. The molecule has 0 saturated carbocycles. The van der Waals surface area contributed by atoms with Crippen molar-refractivity contribution >= 4 is 16.9 Å². The van der Waals surface area contributed by atoms with E-state index < -0.39 is 0 Å². The van der Waals surface area contributed by atoms with Gasteiger partial charge < -0.3 is 10.3 Å². The molecule has 0 spiro atoms. The van der Waals surface area contributed by atoms with Gasteiger partial charge in [0.2, 0.25) is 5.95 Å². The molecule has 84 valence electrons. The van der Waals surface area contributed by atoms with Crippen LogP contribution in [0, 0.1) is 6.92 Å². The topological polar surface area (TPSA) is 77.8 Å². The lowest BCUT2D eigenvalue weighted by Gasteiger charge is -1.96. The summed E-state index contributed by atoms with van der Waals surface area (Å²) in [6.07, 6.45) is 3.28. The van der Waals surface area contributed by atoms with Crippen molar-refractivity contribution in [3.8, 4) is 11.3 Å². The Bertz CT molecular complexity index is 673. The van der Waals surface area contributed by atoms with Gasteiger partial charge in [-0.25, -0.2) is 9.97 Å². The number of para-hydroxylation sites is 1. The summed E-state index contributed by atoms with van der Waals surface area (Å²) >= 11 is 0. The second-order valence-electron chi connectivity index (χ2n) is 3.81. The summed E-state index contributed by atoms with van der Waals surface area (Å²) in [6, 6.07) is 5.91. The van der Waals surface area contributed by atoms with Crippen LogP contribution < -0.4 is 5.73 Å². The van der Waals surface area contributed by atoms with Gasteiger partial charge in [-0.3, -0.25) is 0 Å². The van der Waals surface area contributed by atoms with Crippen LogP contribution >= 0.6 is 0 Å². The molecular weight excluding hydrogens is 216 g/mol. The third-order valence-electron chi connectivity index (χ3n) is 2.64. The molecule has 0 aliphatic rings. The van der Waals surface area contributed by atoms with Gasteiger partial charge in [-0.05, 0) is 18.6 Å². The third-order valence-corrected chi connectivity index (χ3v) is 2.64. The van der Waals surface area contributed by atoms with Crippen molar-refractivity contribution in [1.29, 1.82) is 0 Å². The fourth-order valence-electron chi connectivity index (χ4n) is 1.77. The number of rotatable bonds is 1. The minimum atomic E-state index is 0.248. The Balaban J connectivity index is 2.24. The average molecular weight is 226 g/mol. The SMILES string of the molecule is Cc1cccc2c(-c3cnc(N)nc3)noc12. The van der Waals surface area contributed by atoms with Gasteiger partial charge in [0, 0.05) is 18.0 Å². The van der Waals surface area contributed by atoms with Crippen LogP contribution in [0.5, 0.6) is 0 Å². The van der Waals surface area contributed by atoms with Gasteiger partial charge in [0.25, 0.3) is 0 Å². The molecule has 0 bridgehead atoms. The molecule has 0 unspecified atom stereocenters. The van der Waals surface area contributed by atoms with Crippen LogP contribution in [0.25, 0.3) is 22.2 Å². The van der Waals surface area contributed by atoms with Crippen molar-refractivity contribution in [1.82, 2.24) is 15.1 Å². The van der Waals surface area contributed by atoms with E-state index in [2.05, 4.69) is 15.1 Å². The van der Waals surface area contributed by atoms with Crippen LogP contribution in [-0.4, -0.2) is 15.1 Å². The zero-order chi connectivity index (χ0) is 11.8. The average Bonchev–Trinajstić information content (AvgIpc) is 2.75. The normalized spacial score (nSPS) is 10.9. The highest BCUT2D eigenvalue weighted by Gasteiger charge is 2.12. The van der Waals surface area contributed by atoms with E-state index in [0.717, 1.165) is 27.8 Å². The summed E-state index contributed by atoms with van der Waals surface area (Å²) in [4.78, 5) is 7.90. The Morgan fingerprint density at radius 3 is 2.71 bits per heavy atom. The molecule has 3 rings (SSSR count). The predicted molar refractivity (Wildman–Crippen MR) is 64.2 cm³/mol. The number of anilines is 1. The first-order chi connectivity index (χ1) is 8.25. The smallest absolute Gasteiger partial charge is 0.219 e. The van der Waals surface area contributed by atoms with Crippen molar-refractivity contribution in [2.45, 2.75) is 6.92 Å². The Hall–Kier alpha value is -2.43. The van der Waals surface area contributed by atoms with Crippen molar-refractivity contribution in [2.24, 2.45) is 0 Å². The van der Waals surface area contributed by atoms with Crippen LogP contribution in [0.3, 0.4) is 0 Å². The van der Waals surface area contributed by atoms with Crippen LogP contribution in [0.2, 0.25) is 0 Å². The quantitative estimate of drug-likeness (QED) is 0.688. The zero-order valence-corrected chi connectivity index (χ0v) is 9.21. The molecule has 0 aliphatic heterocycles. The number of hydrogen-bond donors (Lipinski definition) is 1. The summed E-state index contributed by atoms with van der Waals surface area (Å²) in [5.74, 6) is 0.248. The number of nitrogens with zero attached hydrogens (tertiary/aromatic N) is 3. The molecule has 0 saturated heterocycles. The van der Waals surface area contributed by atoms with E-state index in [-0.39, 0.29) is 5.95 Å². The van der Waals surface area contributed by atoms with Crippen LogP contribution in [0.4, 0.5) is 5.95 Å².